The summed E-state index contributed by atoms with van der Waals surface area (Å²) in [6, 6.07) is 0.176. The summed E-state index contributed by atoms with van der Waals surface area (Å²) in [5, 5.41) is 6.10. The van der Waals surface area contributed by atoms with Gasteiger partial charge in [0.1, 0.15) is 5.01 Å². The molecule has 1 aliphatic carbocycles. The van der Waals surface area contributed by atoms with Crippen molar-refractivity contribution in [2.75, 3.05) is 0 Å². The van der Waals surface area contributed by atoms with Crippen molar-refractivity contribution in [3.05, 3.63) is 16.1 Å². The maximum atomic E-state index is 12.3. The summed E-state index contributed by atoms with van der Waals surface area (Å²) in [6.45, 7) is 5.98. The van der Waals surface area contributed by atoms with Gasteiger partial charge >= 0.3 is 0 Å². The number of halogens is 2. The van der Waals surface area contributed by atoms with E-state index in [9.17, 15) is 4.79 Å². The molecule has 7 heteroatoms. The summed E-state index contributed by atoms with van der Waals surface area (Å²) in [5.74, 6) is 0.178. The Balaban J connectivity index is 0.00000200. The lowest BCUT2D eigenvalue weighted by Crippen LogP contribution is -2.46. The number of amides is 1. The van der Waals surface area contributed by atoms with Crippen LogP contribution in [0, 0.1) is 12.8 Å². The maximum absolute atomic E-state index is 12.3. The zero-order chi connectivity index (χ0) is 14.0. The number of carbonyl (C=O) groups excluding carboxylic acids is 1. The van der Waals surface area contributed by atoms with Crippen LogP contribution in [0.25, 0.3) is 0 Å². The summed E-state index contributed by atoms with van der Waals surface area (Å²) in [6.07, 6.45) is 3.85. The molecule has 2 unspecified atom stereocenters. The van der Waals surface area contributed by atoms with E-state index in [2.05, 4.69) is 10.3 Å². The molecule has 3 N–H and O–H groups in total. The largest absolute Gasteiger partial charge is 0.344 e. The number of aromatic nitrogens is 1. The van der Waals surface area contributed by atoms with Gasteiger partial charge in [-0.1, -0.05) is 6.42 Å². The molecule has 0 bridgehead atoms. The number of aryl methyl sites for hydroxylation is 1. The van der Waals surface area contributed by atoms with Crippen molar-refractivity contribution >= 4 is 42.1 Å². The van der Waals surface area contributed by atoms with Gasteiger partial charge in [0.25, 0.3) is 0 Å². The van der Waals surface area contributed by atoms with Gasteiger partial charge in [0.05, 0.1) is 5.54 Å². The average molecular weight is 354 g/mol. The van der Waals surface area contributed by atoms with Crippen LogP contribution in [0.1, 0.15) is 50.2 Å². The monoisotopic (exact) mass is 353 g/mol. The molecule has 4 nitrogen and oxygen atoms in total. The number of hydrogen-bond acceptors (Lipinski definition) is 4. The second-order valence-corrected chi connectivity index (χ2v) is 6.89. The quantitative estimate of drug-likeness (QED) is 0.876. The van der Waals surface area contributed by atoms with Gasteiger partial charge in [-0.05, 0) is 40.0 Å². The Morgan fingerprint density at radius 2 is 2.10 bits per heavy atom. The molecule has 2 atom stereocenters. The lowest BCUT2D eigenvalue weighted by molar-refractivity contribution is -0.127. The molecule has 1 fully saturated rings. The van der Waals surface area contributed by atoms with Crippen molar-refractivity contribution in [1.82, 2.24) is 10.3 Å². The molecule has 2 rings (SSSR count). The maximum Gasteiger partial charge on any atom is 0.223 e. The van der Waals surface area contributed by atoms with Crippen molar-refractivity contribution in [2.45, 2.75) is 58.0 Å². The van der Waals surface area contributed by atoms with Crippen molar-refractivity contribution in [2.24, 2.45) is 11.7 Å². The Morgan fingerprint density at radius 3 is 2.62 bits per heavy atom. The predicted octanol–water partition coefficient (Wildman–Crippen LogP) is 3.16. The second-order valence-electron chi connectivity index (χ2n) is 6.03. The van der Waals surface area contributed by atoms with E-state index in [-0.39, 0.29) is 42.7 Å². The number of thiazole rings is 1. The Hall–Kier alpha value is -0.360. The van der Waals surface area contributed by atoms with Gasteiger partial charge in [0, 0.05) is 23.0 Å². The standard InChI is InChI=1S/C14H23N3OS.2ClH/c1-9-8-19-13(16-9)14(2,3)17-12(18)10-5-4-6-11(15)7-10;;/h8,10-11H,4-7,15H2,1-3H3,(H,17,18);2*1H. The summed E-state index contributed by atoms with van der Waals surface area (Å²) >= 11 is 1.60. The van der Waals surface area contributed by atoms with Crippen LogP contribution in [0.4, 0.5) is 0 Å². The summed E-state index contributed by atoms with van der Waals surface area (Å²) in [7, 11) is 0. The van der Waals surface area contributed by atoms with Crippen LogP contribution in [0.3, 0.4) is 0 Å². The minimum Gasteiger partial charge on any atom is -0.344 e. The first kappa shape index (κ1) is 20.6. The lowest BCUT2D eigenvalue weighted by Gasteiger charge is -2.30. The topological polar surface area (TPSA) is 68.0 Å². The highest BCUT2D eigenvalue weighted by Gasteiger charge is 2.31. The SMILES string of the molecule is Cc1csc(C(C)(C)NC(=O)C2CCCC(N)C2)n1.Cl.Cl. The second kappa shape index (κ2) is 8.32. The Labute approximate surface area is 143 Å². The van der Waals surface area contributed by atoms with Gasteiger partial charge in [-0.25, -0.2) is 4.98 Å². The van der Waals surface area contributed by atoms with Crippen molar-refractivity contribution < 1.29 is 4.79 Å². The number of nitrogens with two attached hydrogens (primary N) is 1. The van der Waals surface area contributed by atoms with Crippen molar-refractivity contribution in [1.29, 1.82) is 0 Å². The molecule has 1 aromatic heterocycles. The Morgan fingerprint density at radius 1 is 1.43 bits per heavy atom. The van der Waals surface area contributed by atoms with Crippen molar-refractivity contribution in [3.8, 4) is 0 Å². The summed E-state index contributed by atoms with van der Waals surface area (Å²) in [4.78, 5) is 16.8. The van der Waals surface area contributed by atoms with E-state index in [4.69, 9.17) is 5.73 Å². The fraction of sp³-hybridized carbons (Fsp3) is 0.714. The minimum absolute atomic E-state index is 0. The van der Waals surface area contributed by atoms with E-state index in [1.165, 1.54) is 0 Å². The van der Waals surface area contributed by atoms with Crippen LogP contribution < -0.4 is 11.1 Å². The van der Waals surface area contributed by atoms with Crippen LogP contribution in [-0.2, 0) is 10.3 Å². The molecule has 1 saturated carbocycles. The smallest absolute Gasteiger partial charge is 0.223 e. The van der Waals surface area contributed by atoms with Crippen LogP contribution in [-0.4, -0.2) is 16.9 Å². The molecule has 122 valence electrons. The van der Waals surface area contributed by atoms with E-state index in [0.717, 1.165) is 36.4 Å². The van der Waals surface area contributed by atoms with E-state index < -0.39 is 5.54 Å². The average Bonchev–Trinajstić information content (AvgIpc) is 2.76. The van der Waals surface area contributed by atoms with Gasteiger partial charge in [-0.2, -0.15) is 0 Å². The van der Waals surface area contributed by atoms with Gasteiger partial charge < -0.3 is 11.1 Å². The number of carbonyl (C=O) groups is 1. The molecule has 1 heterocycles. The first-order chi connectivity index (χ1) is 8.88. The Kier molecular flexibility index (Phi) is 8.18. The molecule has 1 amide bonds. The van der Waals surface area contributed by atoms with Crippen LogP contribution in [0.5, 0.6) is 0 Å². The van der Waals surface area contributed by atoms with Crippen LogP contribution >= 0.6 is 36.2 Å². The van der Waals surface area contributed by atoms with Crippen molar-refractivity contribution in [3.63, 3.8) is 0 Å². The molecule has 0 saturated heterocycles. The number of rotatable bonds is 3. The van der Waals surface area contributed by atoms with E-state index in [1.807, 2.05) is 26.2 Å². The number of hydrogen-bond donors (Lipinski definition) is 2. The molecular formula is C14H25Cl2N3OS. The highest BCUT2D eigenvalue weighted by Crippen LogP contribution is 2.27. The molecule has 0 radical (unpaired) electrons. The molecule has 0 aromatic carbocycles. The van der Waals surface area contributed by atoms with E-state index in [1.54, 1.807) is 11.3 Å². The fourth-order valence-corrected chi connectivity index (χ4v) is 3.45. The highest BCUT2D eigenvalue weighted by molar-refractivity contribution is 7.09. The zero-order valence-corrected chi connectivity index (χ0v) is 15.2. The molecule has 21 heavy (non-hydrogen) atoms. The summed E-state index contributed by atoms with van der Waals surface area (Å²) in [5.41, 5.74) is 6.55. The van der Waals surface area contributed by atoms with Gasteiger partial charge in [-0.15, -0.1) is 36.2 Å². The molecule has 0 aliphatic heterocycles. The van der Waals surface area contributed by atoms with Crippen LogP contribution in [0.15, 0.2) is 5.38 Å². The van der Waals surface area contributed by atoms with E-state index in [0.29, 0.717) is 0 Å². The normalized spacial score (nSPS) is 21.9. The highest BCUT2D eigenvalue weighted by atomic mass is 35.5. The fourth-order valence-electron chi connectivity index (χ4n) is 2.57. The third-order valence-electron chi connectivity index (χ3n) is 3.67. The zero-order valence-electron chi connectivity index (χ0n) is 12.7. The first-order valence-corrected chi connectivity index (χ1v) is 7.76. The number of nitrogens with one attached hydrogen (secondary N) is 1. The summed E-state index contributed by atoms with van der Waals surface area (Å²) < 4.78 is 0. The predicted molar refractivity (Wildman–Crippen MR) is 92.4 cm³/mol. The molecular weight excluding hydrogens is 329 g/mol. The minimum atomic E-state index is -0.405. The van der Waals surface area contributed by atoms with Gasteiger partial charge in [0.2, 0.25) is 5.91 Å². The first-order valence-electron chi connectivity index (χ1n) is 6.88. The molecule has 1 aromatic rings. The third-order valence-corrected chi connectivity index (χ3v) is 4.96. The van der Waals surface area contributed by atoms with Crippen LogP contribution in [0.2, 0.25) is 0 Å². The van der Waals surface area contributed by atoms with Gasteiger partial charge in [0.15, 0.2) is 0 Å². The van der Waals surface area contributed by atoms with E-state index >= 15 is 0 Å². The molecule has 1 aliphatic rings. The number of nitrogens with zero attached hydrogens (tertiary/aromatic N) is 1. The Bertz CT molecular complexity index is 465. The lowest BCUT2D eigenvalue weighted by atomic mass is 9.85. The van der Waals surface area contributed by atoms with Gasteiger partial charge in [-0.3, -0.25) is 4.79 Å². The third kappa shape index (κ3) is 5.40. The molecule has 0 spiro atoms.